The van der Waals surface area contributed by atoms with Gasteiger partial charge in [-0.25, -0.2) is 13.2 Å². The van der Waals surface area contributed by atoms with Gasteiger partial charge in [0.1, 0.15) is 10.6 Å². The van der Waals surface area contributed by atoms with Crippen molar-refractivity contribution in [2.24, 2.45) is 0 Å². The lowest BCUT2D eigenvalue weighted by Crippen LogP contribution is -2.50. The molecule has 1 saturated heterocycles. The molecule has 0 saturated carbocycles. The van der Waals surface area contributed by atoms with Crippen LogP contribution in [-0.2, 0) is 14.8 Å². The van der Waals surface area contributed by atoms with Crippen LogP contribution < -0.4 is 0 Å². The summed E-state index contributed by atoms with van der Waals surface area (Å²) in [7, 11) is -2.34. The number of piperazine rings is 1. The molecule has 2 heterocycles. The molecule has 0 aromatic carbocycles. The van der Waals surface area contributed by atoms with Gasteiger partial charge in [-0.05, 0) is 13.8 Å². The van der Waals surface area contributed by atoms with E-state index in [1.165, 1.54) is 16.3 Å². The van der Waals surface area contributed by atoms with E-state index in [1.54, 1.807) is 13.8 Å². The van der Waals surface area contributed by atoms with Gasteiger partial charge in [0.2, 0.25) is 10.0 Å². The van der Waals surface area contributed by atoms with Crippen LogP contribution in [0.15, 0.2) is 9.42 Å². The number of hydrogen-bond donors (Lipinski definition) is 0. The summed E-state index contributed by atoms with van der Waals surface area (Å²) < 4.78 is 35.9. The standard InChI is InChI=1S/C11H17N3O5S/c1-8-10(9(2)19-12-8)20(16,17)14-6-4-13(5-7-14)11(15)18-3/h4-7H2,1-3H3. The van der Waals surface area contributed by atoms with Crippen LogP contribution in [0.4, 0.5) is 4.79 Å². The van der Waals surface area contributed by atoms with Gasteiger partial charge in [0.25, 0.3) is 0 Å². The van der Waals surface area contributed by atoms with Crippen molar-refractivity contribution >= 4 is 16.1 Å². The highest BCUT2D eigenvalue weighted by molar-refractivity contribution is 7.89. The van der Waals surface area contributed by atoms with Crippen LogP contribution in [0, 0.1) is 13.8 Å². The second-order valence-corrected chi connectivity index (χ2v) is 6.39. The van der Waals surface area contributed by atoms with Gasteiger partial charge < -0.3 is 14.2 Å². The summed E-state index contributed by atoms with van der Waals surface area (Å²) in [6.45, 7) is 4.21. The highest BCUT2D eigenvalue weighted by atomic mass is 32.2. The topological polar surface area (TPSA) is 93.0 Å². The number of aryl methyl sites for hydroxylation is 2. The molecule has 20 heavy (non-hydrogen) atoms. The van der Waals surface area contributed by atoms with E-state index in [9.17, 15) is 13.2 Å². The van der Waals surface area contributed by atoms with Crippen LogP contribution in [-0.4, -0.2) is 62.2 Å². The van der Waals surface area contributed by atoms with Gasteiger partial charge in [0, 0.05) is 26.2 Å². The Balaban J connectivity index is 2.16. The zero-order valence-corrected chi connectivity index (χ0v) is 12.4. The first kappa shape index (κ1) is 14.8. The minimum Gasteiger partial charge on any atom is -0.453 e. The second kappa shape index (κ2) is 5.41. The van der Waals surface area contributed by atoms with Crippen LogP contribution in [0.5, 0.6) is 0 Å². The Bertz CT molecular complexity index is 582. The zero-order valence-electron chi connectivity index (χ0n) is 11.6. The molecule has 1 amide bonds. The fourth-order valence-corrected chi connectivity index (χ4v) is 3.93. The number of rotatable bonds is 2. The first-order valence-corrected chi connectivity index (χ1v) is 7.58. The third-order valence-electron chi connectivity index (χ3n) is 3.24. The lowest BCUT2D eigenvalue weighted by Gasteiger charge is -2.32. The molecule has 1 aromatic rings. The molecular weight excluding hydrogens is 286 g/mol. The van der Waals surface area contributed by atoms with Crippen LogP contribution in [0.2, 0.25) is 0 Å². The van der Waals surface area contributed by atoms with Gasteiger partial charge in [-0.1, -0.05) is 5.16 Å². The van der Waals surface area contributed by atoms with Crippen molar-refractivity contribution in [2.75, 3.05) is 33.3 Å². The van der Waals surface area contributed by atoms with Crippen LogP contribution in [0.25, 0.3) is 0 Å². The van der Waals surface area contributed by atoms with E-state index in [0.717, 1.165) is 0 Å². The van der Waals surface area contributed by atoms with E-state index in [4.69, 9.17) is 4.52 Å². The van der Waals surface area contributed by atoms with Gasteiger partial charge >= 0.3 is 6.09 Å². The molecule has 1 aliphatic heterocycles. The second-order valence-electron chi connectivity index (χ2n) is 4.51. The molecule has 0 atom stereocenters. The van der Waals surface area contributed by atoms with Crippen molar-refractivity contribution in [1.82, 2.24) is 14.4 Å². The van der Waals surface area contributed by atoms with Gasteiger partial charge in [-0.15, -0.1) is 0 Å². The first-order chi connectivity index (χ1) is 9.37. The summed E-state index contributed by atoms with van der Waals surface area (Å²) in [6, 6.07) is 0. The van der Waals surface area contributed by atoms with Crippen molar-refractivity contribution in [1.29, 1.82) is 0 Å². The Hall–Kier alpha value is -1.61. The minimum atomic E-state index is -3.64. The average molecular weight is 303 g/mol. The highest BCUT2D eigenvalue weighted by Crippen LogP contribution is 2.24. The molecule has 2 rings (SSSR count). The molecule has 1 aromatic heterocycles. The van der Waals surface area contributed by atoms with Gasteiger partial charge in [0.05, 0.1) is 7.11 Å². The molecule has 112 valence electrons. The summed E-state index contributed by atoms with van der Waals surface area (Å²) in [6.07, 6.45) is -0.445. The summed E-state index contributed by atoms with van der Waals surface area (Å²) in [5, 5.41) is 3.67. The lowest BCUT2D eigenvalue weighted by atomic mass is 10.4. The summed E-state index contributed by atoms with van der Waals surface area (Å²) >= 11 is 0. The Kier molecular flexibility index (Phi) is 4.00. The van der Waals surface area contributed by atoms with E-state index in [1.807, 2.05) is 0 Å². The molecule has 0 bridgehead atoms. The van der Waals surface area contributed by atoms with Crippen molar-refractivity contribution in [3.63, 3.8) is 0 Å². The molecule has 8 nitrogen and oxygen atoms in total. The first-order valence-electron chi connectivity index (χ1n) is 6.14. The maximum atomic E-state index is 12.5. The van der Waals surface area contributed by atoms with E-state index in [2.05, 4.69) is 9.89 Å². The number of nitrogens with zero attached hydrogens (tertiary/aromatic N) is 3. The van der Waals surface area contributed by atoms with Crippen molar-refractivity contribution in [3.05, 3.63) is 11.5 Å². The summed E-state index contributed by atoms with van der Waals surface area (Å²) in [5.41, 5.74) is 0.345. The third-order valence-corrected chi connectivity index (χ3v) is 5.38. The molecule has 0 unspecified atom stereocenters. The van der Waals surface area contributed by atoms with Crippen molar-refractivity contribution in [2.45, 2.75) is 18.7 Å². The minimum absolute atomic E-state index is 0.115. The van der Waals surface area contributed by atoms with Crippen molar-refractivity contribution < 1.29 is 22.5 Å². The smallest absolute Gasteiger partial charge is 0.409 e. The number of ether oxygens (including phenoxy) is 1. The van der Waals surface area contributed by atoms with E-state index in [-0.39, 0.29) is 23.7 Å². The number of methoxy groups -OCH3 is 1. The molecular formula is C11H17N3O5S. The number of carbonyl (C=O) groups is 1. The van der Waals surface area contributed by atoms with Gasteiger partial charge in [0.15, 0.2) is 5.76 Å². The fourth-order valence-electron chi connectivity index (χ4n) is 2.21. The normalized spacial score (nSPS) is 17.2. The average Bonchev–Trinajstić information content (AvgIpc) is 2.78. The number of amides is 1. The maximum Gasteiger partial charge on any atom is 0.409 e. The molecule has 0 spiro atoms. The number of sulfonamides is 1. The quantitative estimate of drug-likeness (QED) is 0.783. The van der Waals surface area contributed by atoms with Crippen molar-refractivity contribution in [3.8, 4) is 0 Å². The predicted molar refractivity (Wildman–Crippen MR) is 68.7 cm³/mol. The fraction of sp³-hybridized carbons (Fsp3) is 0.636. The molecule has 0 radical (unpaired) electrons. The Morgan fingerprint density at radius 3 is 2.30 bits per heavy atom. The molecule has 0 N–H and O–H groups in total. The van der Waals surface area contributed by atoms with Crippen LogP contribution in [0.3, 0.4) is 0 Å². The van der Waals surface area contributed by atoms with E-state index in [0.29, 0.717) is 18.8 Å². The Labute approximate surface area is 117 Å². The largest absolute Gasteiger partial charge is 0.453 e. The molecule has 1 fully saturated rings. The number of carbonyl (C=O) groups excluding carboxylic acids is 1. The van der Waals surface area contributed by atoms with Gasteiger partial charge in [-0.2, -0.15) is 4.31 Å². The monoisotopic (exact) mass is 303 g/mol. The van der Waals surface area contributed by atoms with E-state index < -0.39 is 16.1 Å². The Morgan fingerprint density at radius 1 is 1.25 bits per heavy atom. The Morgan fingerprint density at radius 2 is 1.85 bits per heavy atom. The molecule has 9 heteroatoms. The number of aromatic nitrogens is 1. The van der Waals surface area contributed by atoms with Crippen LogP contribution in [0.1, 0.15) is 11.5 Å². The summed E-state index contributed by atoms with van der Waals surface area (Å²) in [4.78, 5) is 13.0. The predicted octanol–water partition coefficient (Wildman–Crippen LogP) is 0.364. The van der Waals surface area contributed by atoms with Gasteiger partial charge in [-0.3, -0.25) is 0 Å². The third kappa shape index (κ3) is 2.50. The maximum absolute atomic E-state index is 12.5. The number of hydrogen-bond acceptors (Lipinski definition) is 6. The SMILES string of the molecule is COC(=O)N1CCN(S(=O)(=O)c2c(C)noc2C)CC1. The molecule has 0 aliphatic carbocycles. The van der Waals surface area contributed by atoms with E-state index >= 15 is 0 Å². The van der Waals surface area contributed by atoms with Crippen LogP contribution >= 0.6 is 0 Å². The summed E-state index contributed by atoms with van der Waals surface area (Å²) in [5.74, 6) is 0.276. The zero-order chi connectivity index (χ0) is 14.9. The lowest BCUT2D eigenvalue weighted by molar-refractivity contribution is 0.108. The highest BCUT2D eigenvalue weighted by Gasteiger charge is 2.34. The molecule has 1 aliphatic rings.